The highest BCUT2D eigenvalue weighted by molar-refractivity contribution is 4.84. The third kappa shape index (κ3) is 14.8. The number of rotatable bonds is 23. The van der Waals surface area contributed by atoms with Crippen LogP contribution < -0.4 is 4.57 Å². The van der Waals surface area contributed by atoms with Gasteiger partial charge in [-0.1, -0.05) is 117 Å². The number of aryl methyl sites for hydroxylation is 2. The fourth-order valence-electron chi connectivity index (χ4n) is 4.73. The molecule has 0 aliphatic rings. The van der Waals surface area contributed by atoms with E-state index in [-0.39, 0.29) is 0 Å². The Balaban J connectivity index is 2.19. The van der Waals surface area contributed by atoms with Crippen LogP contribution in [0.1, 0.15) is 155 Å². The van der Waals surface area contributed by atoms with Crippen LogP contribution in [0.3, 0.4) is 0 Å². The van der Waals surface area contributed by atoms with E-state index < -0.39 is 0 Å². The Bertz CT molecular complexity index is 491. The van der Waals surface area contributed by atoms with E-state index in [0.717, 1.165) is 0 Å². The number of hydrogen-bond acceptors (Lipinski definition) is 0. The lowest BCUT2D eigenvalue weighted by Gasteiger charge is -2.06. The zero-order chi connectivity index (χ0) is 22.4. The molecule has 0 fully saturated rings. The number of nitrogens with zero attached hydrogens (tertiary/aromatic N) is 2. The molecule has 0 saturated carbocycles. The van der Waals surface area contributed by atoms with Crippen molar-refractivity contribution in [2.75, 3.05) is 0 Å². The van der Waals surface area contributed by atoms with Gasteiger partial charge in [-0.05, 0) is 32.1 Å². The van der Waals surface area contributed by atoms with E-state index in [9.17, 15) is 0 Å². The molecule has 0 aliphatic carbocycles. The van der Waals surface area contributed by atoms with Crippen molar-refractivity contribution >= 4 is 0 Å². The number of aromatic nitrogens is 2. The molecule has 0 saturated heterocycles. The zero-order valence-electron chi connectivity index (χ0n) is 21.8. The summed E-state index contributed by atoms with van der Waals surface area (Å²) in [6.45, 7) is 9.34. The zero-order valence-corrected chi connectivity index (χ0v) is 21.8. The quantitative estimate of drug-likeness (QED) is 0.120. The maximum Gasteiger partial charge on any atom is 0.256 e. The Morgan fingerprint density at radius 1 is 0.548 bits per heavy atom. The molecule has 31 heavy (non-hydrogen) atoms. The maximum absolute atomic E-state index is 2.57. The van der Waals surface area contributed by atoms with Gasteiger partial charge < -0.3 is 0 Å². The van der Waals surface area contributed by atoms with E-state index in [1.165, 1.54) is 148 Å². The molecular formula is C29H57N2+. The highest BCUT2D eigenvalue weighted by atomic mass is 15.1. The van der Waals surface area contributed by atoms with Gasteiger partial charge in [-0.3, -0.25) is 0 Å². The fraction of sp³-hybridized carbons (Fsp3) is 0.897. The van der Waals surface area contributed by atoms with Crippen LogP contribution in [0.5, 0.6) is 0 Å². The minimum atomic E-state index is 1.21. The van der Waals surface area contributed by atoms with Gasteiger partial charge in [0.15, 0.2) is 0 Å². The standard InChI is InChI=1S/C29H57N2/c1-4-7-10-12-13-14-15-16-17-18-19-20-21-24-29-30(25-22-9-6-3)27-28-31(29)26-23-11-8-5-2/h27-28H,4-26H2,1-3H3/q+1. The third-order valence-corrected chi connectivity index (χ3v) is 6.85. The summed E-state index contributed by atoms with van der Waals surface area (Å²) in [6.07, 6.45) is 34.1. The third-order valence-electron chi connectivity index (χ3n) is 6.85. The molecule has 0 unspecified atom stereocenters. The molecule has 0 aromatic carbocycles. The lowest BCUT2D eigenvalue weighted by atomic mass is 10.0. The molecule has 2 heteroatoms. The van der Waals surface area contributed by atoms with Crippen LogP contribution in [-0.2, 0) is 19.5 Å². The molecule has 0 spiro atoms. The topological polar surface area (TPSA) is 8.81 Å². The first kappa shape index (κ1) is 28.2. The molecule has 0 radical (unpaired) electrons. The first-order chi connectivity index (χ1) is 15.3. The highest BCUT2D eigenvalue weighted by Gasteiger charge is 2.16. The lowest BCUT2D eigenvalue weighted by molar-refractivity contribution is -0.704. The van der Waals surface area contributed by atoms with Gasteiger partial charge in [-0.15, -0.1) is 0 Å². The van der Waals surface area contributed by atoms with E-state index in [2.05, 4.69) is 42.3 Å². The molecule has 1 aromatic heterocycles. The molecule has 182 valence electrons. The van der Waals surface area contributed by atoms with Crippen molar-refractivity contribution in [3.05, 3.63) is 18.2 Å². The summed E-state index contributed by atoms with van der Waals surface area (Å²) in [6, 6.07) is 0. The van der Waals surface area contributed by atoms with Crippen molar-refractivity contribution in [3.8, 4) is 0 Å². The van der Waals surface area contributed by atoms with Gasteiger partial charge in [0, 0.05) is 6.42 Å². The summed E-state index contributed by atoms with van der Waals surface area (Å²) in [7, 11) is 0. The summed E-state index contributed by atoms with van der Waals surface area (Å²) < 4.78 is 5.14. The van der Waals surface area contributed by atoms with Gasteiger partial charge in [0.2, 0.25) is 0 Å². The molecular weight excluding hydrogens is 376 g/mol. The van der Waals surface area contributed by atoms with E-state index in [4.69, 9.17) is 0 Å². The minimum absolute atomic E-state index is 1.21. The molecule has 0 bridgehead atoms. The summed E-state index contributed by atoms with van der Waals surface area (Å²) in [4.78, 5) is 0. The molecule has 0 atom stereocenters. The van der Waals surface area contributed by atoms with Crippen LogP contribution in [0.15, 0.2) is 12.4 Å². The van der Waals surface area contributed by atoms with Crippen LogP contribution in [0.4, 0.5) is 0 Å². The second-order valence-corrected chi connectivity index (χ2v) is 9.86. The molecule has 2 nitrogen and oxygen atoms in total. The Labute approximate surface area is 196 Å². The van der Waals surface area contributed by atoms with E-state index in [1.807, 2.05) is 0 Å². The summed E-state index contributed by atoms with van der Waals surface area (Å²) in [5.41, 5.74) is 0. The number of unbranched alkanes of at least 4 members (excludes halogenated alkanes) is 17. The predicted octanol–water partition coefficient (Wildman–Crippen LogP) is 9.18. The molecule has 0 N–H and O–H groups in total. The van der Waals surface area contributed by atoms with Gasteiger partial charge in [0.1, 0.15) is 12.4 Å². The molecule has 1 aromatic rings. The summed E-state index contributed by atoms with van der Waals surface area (Å²) in [5.74, 6) is 1.59. The van der Waals surface area contributed by atoms with Gasteiger partial charge in [-0.2, -0.15) is 0 Å². The van der Waals surface area contributed by atoms with E-state index >= 15 is 0 Å². The van der Waals surface area contributed by atoms with Crippen LogP contribution in [0.25, 0.3) is 0 Å². The lowest BCUT2D eigenvalue weighted by Crippen LogP contribution is -2.37. The smallest absolute Gasteiger partial charge is 0.234 e. The number of imidazole rings is 1. The first-order valence-corrected chi connectivity index (χ1v) is 14.4. The molecule has 0 amide bonds. The number of hydrogen-bond donors (Lipinski definition) is 0. The van der Waals surface area contributed by atoms with Crippen LogP contribution >= 0.6 is 0 Å². The second-order valence-electron chi connectivity index (χ2n) is 9.86. The van der Waals surface area contributed by atoms with Crippen molar-refractivity contribution in [3.63, 3.8) is 0 Å². The van der Waals surface area contributed by atoms with Gasteiger partial charge in [0.25, 0.3) is 5.82 Å². The fourth-order valence-corrected chi connectivity index (χ4v) is 4.73. The van der Waals surface area contributed by atoms with Gasteiger partial charge in [-0.25, -0.2) is 9.13 Å². The van der Waals surface area contributed by atoms with Crippen LogP contribution in [0, 0.1) is 0 Å². The molecule has 1 heterocycles. The second kappa shape index (κ2) is 21.1. The first-order valence-electron chi connectivity index (χ1n) is 14.4. The SMILES string of the molecule is CCCCCCCCCCCCCCCc1n(CCCCCC)cc[n+]1CCCCC. The normalized spacial score (nSPS) is 11.5. The Hall–Kier alpha value is -0.790. The van der Waals surface area contributed by atoms with Crippen molar-refractivity contribution in [2.24, 2.45) is 0 Å². The van der Waals surface area contributed by atoms with Crippen molar-refractivity contribution in [1.29, 1.82) is 0 Å². The van der Waals surface area contributed by atoms with Crippen LogP contribution in [-0.4, -0.2) is 4.57 Å². The average Bonchev–Trinajstić information content (AvgIpc) is 3.16. The highest BCUT2D eigenvalue weighted by Crippen LogP contribution is 2.14. The average molecular weight is 434 g/mol. The van der Waals surface area contributed by atoms with Crippen LogP contribution in [0.2, 0.25) is 0 Å². The summed E-state index contributed by atoms with van der Waals surface area (Å²) >= 11 is 0. The minimum Gasteiger partial charge on any atom is -0.234 e. The molecule has 1 rings (SSSR count). The van der Waals surface area contributed by atoms with Gasteiger partial charge >= 0.3 is 0 Å². The van der Waals surface area contributed by atoms with Gasteiger partial charge in [0.05, 0.1) is 13.1 Å². The summed E-state index contributed by atoms with van der Waals surface area (Å²) in [5, 5.41) is 0. The predicted molar refractivity (Wildman–Crippen MR) is 138 cm³/mol. The van der Waals surface area contributed by atoms with Crippen molar-refractivity contribution in [2.45, 2.75) is 169 Å². The molecule has 0 aliphatic heterocycles. The van der Waals surface area contributed by atoms with Crippen molar-refractivity contribution in [1.82, 2.24) is 4.57 Å². The Morgan fingerprint density at radius 2 is 1.00 bits per heavy atom. The largest absolute Gasteiger partial charge is 0.256 e. The van der Waals surface area contributed by atoms with Crippen molar-refractivity contribution < 1.29 is 4.57 Å². The Kier molecular flexibility index (Phi) is 19.2. The van der Waals surface area contributed by atoms with E-state index in [0.29, 0.717) is 0 Å². The van der Waals surface area contributed by atoms with E-state index in [1.54, 1.807) is 5.82 Å². The Morgan fingerprint density at radius 3 is 1.55 bits per heavy atom. The monoisotopic (exact) mass is 433 g/mol. The maximum atomic E-state index is 2.57.